The van der Waals surface area contributed by atoms with Crippen LogP contribution in [-0.4, -0.2) is 96.7 Å². The van der Waals surface area contributed by atoms with Crippen molar-refractivity contribution in [1.29, 1.82) is 0 Å². The number of allylic oxidation sites excluding steroid dienone is 18. The number of unbranched alkanes of at least 4 members (excludes halogenated alkanes) is 35. The molecule has 0 aromatic rings. The number of rotatable bonds is 79. The number of ether oxygens (including phenoxy) is 4. The molecule has 0 aromatic heterocycles. The van der Waals surface area contributed by atoms with E-state index in [4.69, 9.17) is 37.0 Å². The molecule has 0 bridgehead atoms. The molecule has 5 unspecified atom stereocenters. The van der Waals surface area contributed by atoms with Gasteiger partial charge < -0.3 is 33.8 Å². The number of carbonyl (C=O) groups is 4. The minimum absolute atomic E-state index is 0.0754. The summed E-state index contributed by atoms with van der Waals surface area (Å²) in [7, 11) is -9.97. The summed E-state index contributed by atoms with van der Waals surface area (Å²) < 4.78 is 68.8. The predicted molar refractivity (Wildman–Crippen MR) is 436 cm³/mol. The molecule has 0 amide bonds. The van der Waals surface area contributed by atoms with Gasteiger partial charge in [0.15, 0.2) is 12.2 Å². The van der Waals surface area contributed by atoms with Gasteiger partial charge in [0.25, 0.3) is 0 Å². The van der Waals surface area contributed by atoms with Crippen molar-refractivity contribution < 1.29 is 80.2 Å². The van der Waals surface area contributed by atoms with Crippen LogP contribution in [-0.2, 0) is 65.4 Å². The topological polar surface area (TPSA) is 237 Å². The highest BCUT2D eigenvalue weighted by Crippen LogP contribution is 2.45. The quantitative estimate of drug-likeness (QED) is 0.0169. The van der Waals surface area contributed by atoms with Crippen molar-refractivity contribution in [1.82, 2.24) is 0 Å². The fraction of sp³-hybridized carbons (Fsp3) is 0.747. The Morgan fingerprint density at radius 3 is 0.783 bits per heavy atom. The summed E-state index contributed by atoms with van der Waals surface area (Å²) in [5.74, 6) is -2.21. The van der Waals surface area contributed by atoms with Crippen LogP contribution in [0.25, 0.3) is 0 Å². The zero-order valence-corrected chi connectivity index (χ0v) is 68.9. The fourth-order valence-electron chi connectivity index (χ4n) is 11.3. The molecule has 0 aliphatic rings. The first-order chi connectivity index (χ1) is 51.7. The van der Waals surface area contributed by atoms with E-state index in [1.807, 2.05) is 0 Å². The number of phosphoric acid groups is 2. The van der Waals surface area contributed by atoms with Crippen LogP contribution in [0.4, 0.5) is 0 Å². The van der Waals surface area contributed by atoms with Crippen LogP contribution in [0.1, 0.15) is 362 Å². The van der Waals surface area contributed by atoms with E-state index >= 15 is 0 Å². The SMILES string of the molecule is CC/C=C\C/C=C\C/C=C\CCCCCCCCCC(=O)OCC(COP(=O)(O)OCC(O)COP(=O)(O)OCC(COC(=O)CCCCCCCC/C=C\C/C=C\C/C=C\CCCCC)OC(=O)CCCCCCC/C=C\C/C=C\CCCCC)OC(=O)CCCCCCC/C=C\CCCCCCCC. The average molecular weight is 1530 g/mol. The monoisotopic (exact) mass is 1530 g/mol. The van der Waals surface area contributed by atoms with Crippen LogP contribution in [0.5, 0.6) is 0 Å². The van der Waals surface area contributed by atoms with Gasteiger partial charge in [-0.3, -0.25) is 37.3 Å². The largest absolute Gasteiger partial charge is 0.472 e. The molecule has 17 nitrogen and oxygen atoms in total. The molecule has 0 aromatic carbocycles. The Bertz CT molecular complexity index is 2430. The molecular weight excluding hydrogens is 1380 g/mol. The number of phosphoric ester groups is 2. The lowest BCUT2D eigenvalue weighted by Gasteiger charge is -2.21. The molecule has 0 saturated heterocycles. The second-order valence-corrected chi connectivity index (χ2v) is 30.9. The van der Waals surface area contributed by atoms with Crippen molar-refractivity contribution in [2.75, 3.05) is 39.6 Å². The number of aliphatic hydroxyl groups is 1. The van der Waals surface area contributed by atoms with Crippen molar-refractivity contribution in [3.05, 3.63) is 109 Å². The van der Waals surface area contributed by atoms with E-state index < -0.39 is 97.5 Å². The second kappa shape index (κ2) is 78.8. The maximum Gasteiger partial charge on any atom is 0.472 e. The summed E-state index contributed by atoms with van der Waals surface area (Å²) in [6.07, 6.45) is 86.1. The zero-order chi connectivity index (χ0) is 77.4. The fourth-order valence-corrected chi connectivity index (χ4v) is 12.8. The minimum Gasteiger partial charge on any atom is -0.462 e. The molecule has 0 fully saturated rings. The smallest absolute Gasteiger partial charge is 0.462 e. The van der Waals surface area contributed by atoms with E-state index in [1.165, 1.54) is 77.0 Å². The predicted octanol–water partition coefficient (Wildman–Crippen LogP) is 24.9. The number of esters is 4. The van der Waals surface area contributed by atoms with E-state index in [9.17, 15) is 43.2 Å². The van der Waals surface area contributed by atoms with Crippen LogP contribution in [0, 0.1) is 0 Å². The first-order valence-corrected chi connectivity index (χ1v) is 45.1. The molecule has 106 heavy (non-hydrogen) atoms. The van der Waals surface area contributed by atoms with Crippen LogP contribution in [0.2, 0.25) is 0 Å². The third-order valence-electron chi connectivity index (χ3n) is 17.7. The summed E-state index contributed by atoms with van der Waals surface area (Å²) in [5, 5.41) is 10.7. The Hall–Kier alpha value is -4.28. The standard InChI is InChI=1S/C87H152O17P2/c1-5-9-13-17-21-25-29-33-37-39-40-42-46-48-52-56-60-64-68-72-85(90)98-78-83(104-87(92)74-70-66-62-58-54-50-44-36-32-28-24-20-16-12-8-4)80-102-106(95,96)100-76-81(88)75-99-105(93,94)101-79-82(103-86(91)73-69-65-61-57-53-49-43-35-31-27-23-19-15-11-7-3)77-97-84(89)71-67-63-59-55-51-47-45-41-38-34-30-26-22-18-14-10-6-2/h10,14,21-22,24-26,28,33-38,40,42-44,81-83,88H,5-9,11-13,15-20,23,27,29-32,39,41,45-80H2,1-4H3,(H,93,94)(H,95,96)/b14-10-,25-21-,26-22-,28-24-,37-33-,38-34-,42-40-,43-35-,44-36-. The Morgan fingerprint density at radius 2 is 0.491 bits per heavy atom. The summed E-state index contributed by atoms with van der Waals surface area (Å²) in [4.78, 5) is 73.2. The zero-order valence-electron chi connectivity index (χ0n) is 67.1. The summed E-state index contributed by atoms with van der Waals surface area (Å²) >= 11 is 0. The van der Waals surface area contributed by atoms with Gasteiger partial charge in [-0.1, -0.05) is 291 Å². The lowest BCUT2D eigenvalue weighted by Crippen LogP contribution is -2.30. The van der Waals surface area contributed by atoms with Crippen molar-refractivity contribution in [2.24, 2.45) is 0 Å². The van der Waals surface area contributed by atoms with E-state index in [0.29, 0.717) is 25.7 Å². The van der Waals surface area contributed by atoms with Gasteiger partial charge in [0.1, 0.15) is 19.3 Å². The average Bonchev–Trinajstić information content (AvgIpc) is 0.928. The third kappa shape index (κ3) is 77.9. The van der Waals surface area contributed by atoms with Gasteiger partial charge in [0, 0.05) is 25.7 Å². The molecule has 19 heteroatoms. The van der Waals surface area contributed by atoms with Crippen LogP contribution < -0.4 is 0 Å². The van der Waals surface area contributed by atoms with E-state index in [2.05, 4.69) is 137 Å². The molecule has 5 atom stereocenters. The highest BCUT2D eigenvalue weighted by molar-refractivity contribution is 7.47. The van der Waals surface area contributed by atoms with Crippen molar-refractivity contribution in [3.63, 3.8) is 0 Å². The number of carbonyl (C=O) groups excluding carboxylic acids is 4. The van der Waals surface area contributed by atoms with Gasteiger partial charge in [-0.05, 0) is 154 Å². The van der Waals surface area contributed by atoms with E-state index in [1.54, 1.807) is 0 Å². The summed E-state index contributed by atoms with van der Waals surface area (Å²) in [6.45, 7) is 4.71. The first-order valence-electron chi connectivity index (χ1n) is 42.1. The Balaban J connectivity index is 5.38. The molecule has 612 valence electrons. The highest BCUT2D eigenvalue weighted by atomic mass is 31.2. The van der Waals surface area contributed by atoms with Gasteiger partial charge in [0.2, 0.25) is 0 Å². The molecule has 0 aliphatic carbocycles. The van der Waals surface area contributed by atoms with Crippen molar-refractivity contribution in [3.8, 4) is 0 Å². The Kier molecular flexibility index (Phi) is 75.6. The summed E-state index contributed by atoms with van der Waals surface area (Å²) in [6, 6.07) is 0. The molecule has 0 radical (unpaired) electrons. The second-order valence-electron chi connectivity index (χ2n) is 28.0. The van der Waals surface area contributed by atoms with Gasteiger partial charge in [-0.15, -0.1) is 0 Å². The molecular formula is C87H152O17P2. The van der Waals surface area contributed by atoms with Crippen LogP contribution in [0.15, 0.2) is 109 Å². The molecule has 0 heterocycles. The van der Waals surface area contributed by atoms with Gasteiger partial charge in [-0.25, -0.2) is 9.13 Å². The lowest BCUT2D eigenvalue weighted by atomic mass is 10.1. The molecule has 0 spiro atoms. The molecule has 0 rings (SSSR count). The van der Waals surface area contributed by atoms with Crippen molar-refractivity contribution in [2.45, 2.75) is 380 Å². The Labute approximate surface area is 645 Å². The van der Waals surface area contributed by atoms with Crippen molar-refractivity contribution >= 4 is 39.5 Å². The van der Waals surface area contributed by atoms with E-state index in [-0.39, 0.29) is 25.7 Å². The molecule has 0 saturated carbocycles. The Morgan fingerprint density at radius 1 is 0.274 bits per heavy atom. The number of hydrogen-bond acceptors (Lipinski definition) is 15. The highest BCUT2D eigenvalue weighted by Gasteiger charge is 2.30. The van der Waals surface area contributed by atoms with Crippen LogP contribution in [0.3, 0.4) is 0 Å². The van der Waals surface area contributed by atoms with Gasteiger partial charge >= 0.3 is 39.5 Å². The lowest BCUT2D eigenvalue weighted by molar-refractivity contribution is -0.161. The first kappa shape index (κ1) is 102. The number of aliphatic hydroxyl groups excluding tert-OH is 1. The minimum atomic E-state index is -4.99. The number of hydrogen-bond donors (Lipinski definition) is 3. The third-order valence-corrected chi connectivity index (χ3v) is 19.6. The molecule has 0 aliphatic heterocycles. The van der Waals surface area contributed by atoms with Crippen LogP contribution >= 0.6 is 15.6 Å². The van der Waals surface area contributed by atoms with Gasteiger partial charge in [-0.2, -0.15) is 0 Å². The van der Waals surface area contributed by atoms with Gasteiger partial charge in [0.05, 0.1) is 26.4 Å². The maximum absolute atomic E-state index is 13.1. The molecule has 3 N–H and O–H groups in total. The van der Waals surface area contributed by atoms with E-state index in [0.717, 1.165) is 205 Å². The summed E-state index contributed by atoms with van der Waals surface area (Å²) in [5.41, 5.74) is 0. The normalized spacial score (nSPS) is 14.4. The maximum atomic E-state index is 13.1.